The Kier molecular flexibility index (Phi) is 4.25. The first-order valence-electron chi connectivity index (χ1n) is 6.44. The molecule has 2 aromatic rings. The van der Waals surface area contributed by atoms with E-state index in [0.29, 0.717) is 0 Å². The summed E-state index contributed by atoms with van der Waals surface area (Å²) in [5.41, 5.74) is 0. The van der Waals surface area contributed by atoms with Gasteiger partial charge in [0, 0.05) is 11.6 Å². The lowest BCUT2D eigenvalue weighted by atomic mass is 10.1. The second kappa shape index (κ2) is 6.10. The van der Waals surface area contributed by atoms with Gasteiger partial charge in [0.15, 0.2) is 0 Å². The normalized spacial score (nSPS) is 11.8. The zero-order valence-electron chi connectivity index (χ0n) is 11.3. The first-order chi connectivity index (χ1) is 9.28. The van der Waals surface area contributed by atoms with Crippen molar-refractivity contribution in [1.82, 2.24) is 4.98 Å². The quantitative estimate of drug-likeness (QED) is 0.830. The van der Waals surface area contributed by atoms with E-state index < -0.39 is 0 Å². The van der Waals surface area contributed by atoms with E-state index in [-0.39, 0.29) is 6.04 Å². The fourth-order valence-electron chi connectivity index (χ4n) is 2.04. The highest BCUT2D eigenvalue weighted by atomic mass is 16.5. The zero-order valence-corrected chi connectivity index (χ0v) is 11.3. The predicted molar refractivity (Wildman–Crippen MR) is 79.4 cm³/mol. The maximum atomic E-state index is 5.54. The molecule has 1 heterocycles. The molecule has 3 nitrogen and oxygen atoms in total. The van der Waals surface area contributed by atoms with E-state index >= 15 is 0 Å². The molecule has 1 aromatic heterocycles. The molecule has 0 aliphatic rings. The maximum absolute atomic E-state index is 5.54. The number of nitrogens with zero attached hydrogens (tertiary/aromatic N) is 1. The molecule has 1 atom stereocenters. The molecule has 0 spiro atoms. The molecule has 0 amide bonds. The number of rotatable bonds is 5. The molecule has 1 N–H and O–H groups in total. The topological polar surface area (TPSA) is 34.2 Å². The summed E-state index contributed by atoms with van der Waals surface area (Å²) in [7, 11) is 1.66. The van der Waals surface area contributed by atoms with E-state index in [4.69, 9.17) is 11.2 Å². The van der Waals surface area contributed by atoms with E-state index in [1.807, 2.05) is 24.3 Å². The Labute approximate surface area is 114 Å². The minimum atomic E-state index is 0.00861. The van der Waals surface area contributed by atoms with Crippen molar-refractivity contribution in [2.45, 2.75) is 25.8 Å². The van der Waals surface area contributed by atoms with Crippen molar-refractivity contribution in [3.8, 4) is 18.1 Å². The third-order valence-corrected chi connectivity index (χ3v) is 3.06. The van der Waals surface area contributed by atoms with Crippen molar-refractivity contribution in [2.75, 3.05) is 12.4 Å². The van der Waals surface area contributed by atoms with Crippen LogP contribution in [0, 0.1) is 12.3 Å². The van der Waals surface area contributed by atoms with Crippen molar-refractivity contribution in [3.05, 3.63) is 30.5 Å². The van der Waals surface area contributed by atoms with Crippen LogP contribution in [-0.2, 0) is 0 Å². The number of fused-ring (bicyclic) bond motifs is 1. The standard InChI is InChI=1S/C16H18N2O/c1-4-6-13(5-2)18-16-15-11-14(19-3)8-7-12(15)9-10-17-16/h2,7-11,13H,4,6H2,1,3H3,(H,17,18). The van der Waals surface area contributed by atoms with Crippen LogP contribution in [0.3, 0.4) is 0 Å². The Morgan fingerprint density at radius 1 is 1.42 bits per heavy atom. The first-order valence-corrected chi connectivity index (χ1v) is 6.44. The Bertz CT molecular complexity index is 601. The second-order valence-corrected chi connectivity index (χ2v) is 4.40. The molecule has 98 valence electrons. The number of nitrogens with one attached hydrogen (secondary N) is 1. The molecule has 0 aliphatic heterocycles. The molecule has 0 bridgehead atoms. The summed E-state index contributed by atoms with van der Waals surface area (Å²) in [4.78, 5) is 4.39. The van der Waals surface area contributed by atoms with Gasteiger partial charge in [0.2, 0.25) is 0 Å². The van der Waals surface area contributed by atoms with Gasteiger partial charge >= 0.3 is 0 Å². The van der Waals surface area contributed by atoms with Crippen molar-refractivity contribution in [3.63, 3.8) is 0 Å². The van der Waals surface area contributed by atoms with E-state index in [9.17, 15) is 0 Å². The number of terminal acetylenes is 1. The molecule has 3 heteroatoms. The van der Waals surface area contributed by atoms with Crippen LogP contribution in [0.5, 0.6) is 5.75 Å². The number of hydrogen-bond acceptors (Lipinski definition) is 3. The van der Waals surface area contributed by atoms with Gasteiger partial charge in [0.05, 0.1) is 13.2 Å². The SMILES string of the molecule is C#CC(CCC)Nc1nccc2ccc(OC)cc12. The molecule has 0 saturated heterocycles. The van der Waals surface area contributed by atoms with Crippen molar-refractivity contribution in [1.29, 1.82) is 0 Å². The molecule has 19 heavy (non-hydrogen) atoms. The number of ether oxygens (including phenoxy) is 1. The lowest BCUT2D eigenvalue weighted by Crippen LogP contribution is -2.17. The number of aromatic nitrogens is 1. The number of benzene rings is 1. The van der Waals surface area contributed by atoms with Gasteiger partial charge in [-0.1, -0.05) is 25.3 Å². The minimum absolute atomic E-state index is 0.00861. The smallest absolute Gasteiger partial charge is 0.134 e. The van der Waals surface area contributed by atoms with Crippen LogP contribution in [0.4, 0.5) is 5.82 Å². The highest BCUT2D eigenvalue weighted by molar-refractivity contribution is 5.92. The molecule has 0 saturated carbocycles. The van der Waals surface area contributed by atoms with E-state index in [2.05, 4.69) is 23.1 Å². The largest absolute Gasteiger partial charge is 0.497 e. The van der Waals surface area contributed by atoms with Crippen molar-refractivity contribution in [2.24, 2.45) is 0 Å². The zero-order chi connectivity index (χ0) is 13.7. The second-order valence-electron chi connectivity index (χ2n) is 4.40. The van der Waals surface area contributed by atoms with Crippen molar-refractivity contribution >= 4 is 16.6 Å². The number of hydrogen-bond donors (Lipinski definition) is 1. The van der Waals surface area contributed by atoms with Gasteiger partial charge in [-0.3, -0.25) is 0 Å². The Hall–Kier alpha value is -2.21. The fourth-order valence-corrected chi connectivity index (χ4v) is 2.04. The van der Waals surface area contributed by atoms with Gasteiger partial charge in [-0.05, 0) is 30.0 Å². The van der Waals surface area contributed by atoms with E-state index in [0.717, 1.165) is 35.2 Å². The molecule has 1 aromatic carbocycles. The predicted octanol–water partition coefficient (Wildman–Crippen LogP) is 3.46. The summed E-state index contributed by atoms with van der Waals surface area (Å²) >= 11 is 0. The average molecular weight is 254 g/mol. The molecule has 2 rings (SSSR count). The summed E-state index contributed by atoms with van der Waals surface area (Å²) in [5.74, 6) is 4.39. The first kappa shape index (κ1) is 13.2. The van der Waals surface area contributed by atoms with Crippen LogP contribution in [0.25, 0.3) is 10.8 Å². The molecule has 0 radical (unpaired) electrons. The van der Waals surface area contributed by atoms with Gasteiger partial charge in [-0.2, -0.15) is 0 Å². The molecular weight excluding hydrogens is 236 g/mol. The Morgan fingerprint density at radius 3 is 2.95 bits per heavy atom. The van der Waals surface area contributed by atoms with Crippen LogP contribution in [-0.4, -0.2) is 18.1 Å². The Balaban J connectivity index is 2.39. The van der Waals surface area contributed by atoms with Crippen LogP contribution in [0.15, 0.2) is 30.5 Å². The Morgan fingerprint density at radius 2 is 2.26 bits per heavy atom. The summed E-state index contributed by atoms with van der Waals surface area (Å²) in [5, 5.41) is 5.46. The van der Waals surface area contributed by atoms with E-state index in [1.165, 1.54) is 0 Å². The summed E-state index contributed by atoms with van der Waals surface area (Å²) in [6.45, 7) is 2.12. The van der Waals surface area contributed by atoms with Gasteiger partial charge in [-0.25, -0.2) is 4.98 Å². The van der Waals surface area contributed by atoms with Gasteiger partial charge < -0.3 is 10.1 Å². The number of pyridine rings is 1. The van der Waals surface area contributed by atoms with E-state index in [1.54, 1.807) is 13.3 Å². The third-order valence-electron chi connectivity index (χ3n) is 3.06. The van der Waals surface area contributed by atoms with Crippen molar-refractivity contribution < 1.29 is 4.74 Å². The van der Waals surface area contributed by atoms with Crippen LogP contribution >= 0.6 is 0 Å². The summed E-state index contributed by atoms with van der Waals surface area (Å²) < 4.78 is 5.26. The molecule has 0 aliphatic carbocycles. The van der Waals surface area contributed by atoms with Crippen LogP contribution in [0.1, 0.15) is 19.8 Å². The average Bonchev–Trinajstić information content (AvgIpc) is 2.46. The van der Waals surface area contributed by atoms with Crippen LogP contribution in [0.2, 0.25) is 0 Å². The highest BCUT2D eigenvalue weighted by Crippen LogP contribution is 2.26. The minimum Gasteiger partial charge on any atom is -0.497 e. The number of methoxy groups -OCH3 is 1. The molecule has 0 fully saturated rings. The summed E-state index contributed by atoms with van der Waals surface area (Å²) in [6, 6.07) is 7.92. The highest BCUT2D eigenvalue weighted by Gasteiger charge is 2.08. The van der Waals surface area contributed by atoms with Gasteiger partial charge in [-0.15, -0.1) is 6.42 Å². The number of anilines is 1. The van der Waals surface area contributed by atoms with Gasteiger partial charge in [0.1, 0.15) is 11.6 Å². The molecule has 1 unspecified atom stereocenters. The third kappa shape index (κ3) is 2.97. The fraction of sp³-hybridized carbons (Fsp3) is 0.312. The molecular formula is C16H18N2O. The maximum Gasteiger partial charge on any atom is 0.134 e. The monoisotopic (exact) mass is 254 g/mol. The lowest BCUT2D eigenvalue weighted by Gasteiger charge is -2.14. The summed E-state index contributed by atoms with van der Waals surface area (Å²) in [6.07, 6.45) is 9.30. The lowest BCUT2D eigenvalue weighted by molar-refractivity contribution is 0.415. The van der Waals surface area contributed by atoms with Gasteiger partial charge in [0.25, 0.3) is 0 Å². The van der Waals surface area contributed by atoms with Crippen LogP contribution < -0.4 is 10.1 Å².